The highest BCUT2D eigenvalue weighted by Crippen LogP contribution is 2.70. The molecule has 0 amide bonds. The van der Waals surface area contributed by atoms with Crippen LogP contribution in [-0.2, 0) is 66.6 Å². The SMILES string of the molecule is CC(=O)OCC12C(OC(C)=O)C(OC(C)=O)C3C(OC(=O)c4ccccc4)C14OC3(C)COC(=O)c1cccnc1C(C)C(C)C(=O)OC(C(OC(C)=O)C2OC(=O)c1cccnc1)C4(C)O. The Labute approximate surface area is 383 Å². The number of hydrogen-bond acceptors (Lipinski definition) is 20. The Bertz CT molecular complexity index is 2460. The van der Waals surface area contributed by atoms with Gasteiger partial charge in [-0.3, -0.25) is 33.9 Å². The van der Waals surface area contributed by atoms with Crippen LogP contribution in [0.1, 0.15) is 98.1 Å². The molecular formula is C47H50N2O18. The molecule has 1 N–H and O–H groups in total. The standard InChI is InChI=1S/C47H50N2O18/c1-23-24(2)40(54)65-37-35(62-27(5)52)39(66-42(56)30-16-12-18-48-20-30)46(22-59-25(3)50)38(63-28(6)53)34(61-26(4)51)32-36(64-41(55)29-14-10-9-11-15-29)47(46,45(37,8)58)67-44(32,7)21-60-43(57)31-17-13-19-49-33(23)31/h9-20,23-24,32,34-39,58H,21-22H2,1-8H3. The van der Waals surface area contributed by atoms with Crippen molar-refractivity contribution < 1.29 is 86.1 Å². The second kappa shape index (κ2) is 18.1. The predicted octanol–water partition coefficient (Wildman–Crippen LogP) is 3.02. The van der Waals surface area contributed by atoms with Crippen LogP contribution in [0.5, 0.6) is 0 Å². The molecule has 4 bridgehead atoms. The second-order valence-corrected chi connectivity index (χ2v) is 17.5. The molecule has 1 saturated heterocycles. The van der Waals surface area contributed by atoms with Gasteiger partial charge in [-0.05, 0) is 50.2 Å². The zero-order valence-electron chi connectivity index (χ0n) is 37.8. The summed E-state index contributed by atoms with van der Waals surface area (Å²) in [5, 5.41) is 13.9. The number of esters is 8. The number of fused-ring (bicyclic) bond motifs is 5. The molecule has 3 aromatic rings. The zero-order chi connectivity index (χ0) is 48.8. The molecule has 1 spiro atoms. The fraction of sp³-hybridized carbons (Fsp3) is 0.489. The summed E-state index contributed by atoms with van der Waals surface area (Å²) in [6, 6.07) is 13.1. The first kappa shape index (κ1) is 48.1. The lowest BCUT2D eigenvalue weighted by Gasteiger charge is -2.67. The van der Waals surface area contributed by atoms with Crippen LogP contribution >= 0.6 is 0 Å². The van der Waals surface area contributed by atoms with Gasteiger partial charge >= 0.3 is 47.8 Å². The lowest BCUT2D eigenvalue weighted by Crippen LogP contribution is -2.89. The van der Waals surface area contributed by atoms with E-state index in [0.29, 0.717) is 0 Å². The van der Waals surface area contributed by atoms with Crippen molar-refractivity contribution in [1.29, 1.82) is 0 Å². The number of carbonyl (C=O) groups is 8. The van der Waals surface area contributed by atoms with Gasteiger partial charge in [0.25, 0.3) is 0 Å². The topological polar surface area (TPSA) is 266 Å². The van der Waals surface area contributed by atoms with Crippen LogP contribution in [-0.4, -0.2) is 129 Å². The molecule has 13 atom stereocenters. The third-order valence-corrected chi connectivity index (χ3v) is 13.2. The summed E-state index contributed by atoms with van der Waals surface area (Å²) < 4.78 is 56.4. The largest absolute Gasteiger partial charge is 0.465 e. The van der Waals surface area contributed by atoms with Crippen LogP contribution in [0.2, 0.25) is 0 Å². The minimum Gasteiger partial charge on any atom is -0.465 e. The van der Waals surface area contributed by atoms with Crippen LogP contribution in [0.25, 0.3) is 0 Å². The van der Waals surface area contributed by atoms with Crippen molar-refractivity contribution in [3.8, 4) is 0 Å². The van der Waals surface area contributed by atoms with E-state index < -0.39 is 138 Å². The molecule has 356 valence electrons. The van der Waals surface area contributed by atoms with Crippen molar-refractivity contribution in [2.45, 2.75) is 115 Å². The van der Waals surface area contributed by atoms with Gasteiger partial charge in [0.05, 0.1) is 34.2 Å². The van der Waals surface area contributed by atoms with Crippen LogP contribution in [0.15, 0.2) is 73.2 Å². The van der Waals surface area contributed by atoms with Crippen LogP contribution < -0.4 is 0 Å². The molecule has 4 aliphatic rings. The summed E-state index contributed by atoms with van der Waals surface area (Å²) in [5.41, 5.74) is -10.9. The minimum absolute atomic E-state index is 0.0447. The zero-order valence-corrected chi connectivity index (χ0v) is 37.8. The van der Waals surface area contributed by atoms with Crippen molar-refractivity contribution >= 4 is 47.8 Å². The molecule has 7 rings (SSSR count). The van der Waals surface area contributed by atoms with E-state index in [2.05, 4.69) is 9.97 Å². The Hall–Kier alpha value is -6.80. The Morgan fingerprint density at radius 3 is 1.94 bits per heavy atom. The summed E-state index contributed by atoms with van der Waals surface area (Å²) in [7, 11) is 0. The Kier molecular flexibility index (Phi) is 13.0. The van der Waals surface area contributed by atoms with E-state index in [1.807, 2.05) is 0 Å². The maximum Gasteiger partial charge on any atom is 0.340 e. The summed E-state index contributed by atoms with van der Waals surface area (Å²) in [6.07, 6.45) is -8.73. The number of carbonyl (C=O) groups excluding carboxylic acids is 8. The van der Waals surface area contributed by atoms with E-state index in [0.717, 1.165) is 40.8 Å². The van der Waals surface area contributed by atoms with Crippen molar-refractivity contribution in [2.24, 2.45) is 17.3 Å². The number of benzene rings is 1. The van der Waals surface area contributed by atoms with E-state index in [9.17, 15) is 43.5 Å². The molecule has 67 heavy (non-hydrogen) atoms. The molecule has 2 aliphatic heterocycles. The Morgan fingerprint density at radius 2 is 1.31 bits per heavy atom. The molecular weight excluding hydrogens is 881 g/mol. The number of ether oxygens (including phenoxy) is 9. The third-order valence-electron chi connectivity index (χ3n) is 13.2. The van der Waals surface area contributed by atoms with E-state index in [4.69, 9.17) is 42.6 Å². The van der Waals surface area contributed by atoms with Crippen LogP contribution in [0.3, 0.4) is 0 Å². The lowest BCUT2D eigenvalue weighted by atomic mass is 9.45. The first-order valence-corrected chi connectivity index (χ1v) is 21.4. The fourth-order valence-corrected chi connectivity index (χ4v) is 10.3. The molecule has 2 aliphatic carbocycles. The van der Waals surface area contributed by atoms with E-state index >= 15 is 0 Å². The number of aliphatic hydroxyl groups is 1. The number of pyridine rings is 2. The molecule has 20 heteroatoms. The maximum absolute atomic E-state index is 14.7. The van der Waals surface area contributed by atoms with Gasteiger partial charge in [-0.25, -0.2) is 14.4 Å². The summed E-state index contributed by atoms with van der Waals surface area (Å²) in [6.45, 7) is 7.57. The van der Waals surface area contributed by atoms with Gasteiger partial charge in [0, 0.05) is 52.2 Å². The first-order chi connectivity index (χ1) is 31.6. The average molecular weight is 931 g/mol. The van der Waals surface area contributed by atoms with Gasteiger partial charge in [-0.1, -0.05) is 32.0 Å². The highest BCUT2D eigenvalue weighted by atomic mass is 16.7. The summed E-state index contributed by atoms with van der Waals surface area (Å²) in [5.74, 6) is -12.2. The van der Waals surface area contributed by atoms with Gasteiger partial charge in [-0.15, -0.1) is 0 Å². The van der Waals surface area contributed by atoms with Crippen molar-refractivity contribution in [3.63, 3.8) is 0 Å². The number of aromatic nitrogens is 2. The number of rotatable bonds is 9. The smallest absolute Gasteiger partial charge is 0.340 e. The normalized spacial score (nSPS) is 34.1. The summed E-state index contributed by atoms with van der Waals surface area (Å²) in [4.78, 5) is 120. The van der Waals surface area contributed by atoms with Crippen LogP contribution in [0.4, 0.5) is 0 Å². The van der Waals surface area contributed by atoms with Gasteiger partial charge in [0.2, 0.25) is 0 Å². The molecule has 13 unspecified atom stereocenters. The third kappa shape index (κ3) is 8.15. The van der Waals surface area contributed by atoms with E-state index in [1.54, 1.807) is 13.0 Å². The average Bonchev–Trinajstić information content (AvgIpc) is 3.51. The lowest BCUT2D eigenvalue weighted by molar-refractivity contribution is -0.385. The Balaban J connectivity index is 1.65. The molecule has 1 aromatic carbocycles. The van der Waals surface area contributed by atoms with E-state index in [1.165, 1.54) is 74.8 Å². The highest BCUT2D eigenvalue weighted by Gasteiger charge is 2.92. The maximum atomic E-state index is 14.7. The van der Waals surface area contributed by atoms with Gasteiger partial charge < -0.3 is 47.7 Å². The number of hydrogen-bond donors (Lipinski definition) is 1. The molecule has 2 saturated carbocycles. The first-order valence-electron chi connectivity index (χ1n) is 21.4. The molecule has 20 nitrogen and oxygen atoms in total. The number of cyclic esters (lactones) is 1. The summed E-state index contributed by atoms with van der Waals surface area (Å²) >= 11 is 0. The fourth-order valence-electron chi connectivity index (χ4n) is 10.3. The quantitative estimate of drug-likeness (QED) is 0.239. The van der Waals surface area contributed by atoms with Gasteiger partial charge in [0.15, 0.2) is 30.0 Å². The van der Waals surface area contributed by atoms with Crippen molar-refractivity contribution in [2.75, 3.05) is 13.2 Å². The molecule has 4 heterocycles. The Morgan fingerprint density at radius 1 is 0.716 bits per heavy atom. The molecule has 3 fully saturated rings. The van der Waals surface area contributed by atoms with Gasteiger partial charge in [-0.2, -0.15) is 0 Å². The monoisotopic (exact) mass is 930 g/mol. The highest BCUT2D eigenvalue weighted by molar-refractivity contribution is 5.92. The van der Waals surface area contributed by atoms with E-state index in [-0.39, 0.29) is 22.4 Å². The number of nitrogens with zero attached hydrogens (tertiary/aromatic N) is 2. The van der Waals surface area contributed by atoms with Crippen molar-refractivity contribution in [3.05, 3.63) is 95.6 Å². The van der Waals surface area contributed by atoms with Crippen LogP contribution in [0, 0.1) is 17.3 Å². The molecule has 0 radical (unpaired) electrons. The van der Waals surface area contributed by atoms with Crippen molar-refractivity contribution in [1.82, 2.24) is 9.97 Å². The second-order valence-electron chi connectivity index (χ2n) is 17.5. The minimum atomic E-state index is -2.93. The predicted molar refractivity (Wildman–Crippen MR) is 223 cm³/mol. The molecule has 2 aromatic heterocycles. The van der Waals surface area contributed by atoms with Gasteiger partial charge in [0.1, 0.15) is 42.0 Å².